The number of benzene rings is 2. The quantitative estimate of drug-likeness (QED) is 0.751. The Morgan fingerprint density at radius 2 is 1.96 bits per heavy atom. The van der Waals surface area contributed by atoms with Gasteiger partial charge in [0, 0.05) is 23.2 Å². The molecule has 0 radical (unpaired) electrons. The molecule has 0 aliphatic carbocycles. The Balaban J connectivity index is 1.88. The highest BCUT2D eigenvalue weighted by Gasteiger charge is 2.29. The highest BCUT2D eigenvalue weighted by Crippen LogP contribution is 2.33. The Morgan fingerprint density at radius 1 is 1.26 bits per heavy atom. The van der Waals surface area contributed by atoms with Crippen molar-refractivity contribution >= 4 is 33.4 Å². The summed E-state index contributed by atoms with van der Waals surface area (Å²) in [6, 6.07) is 7.04. The molecule has 140 valence electrons. The zero-order valence-corrected chi connectivity index (χ0v) is 15.8. The van der Waals surface area contributed by atoms with Gasteiger partial charge in [-0.25, -0.2) is 13.6 Å². The highest BCUT2D eigenvalue weighted by atomic mass is 79.9. The first kappa shape index (κ1) is 19.0. The van der Waals surface area contributed by atoms with Gasteiger partial charge in [0.1, 0.15) is 5.82 Å². The van der Waals surface area contributed by atoms with E-state index in [1.54, 1.807) is 0 Å². The Bertz CT molecular complexity index is 916. The minimum atomic E-state index is -0.579. The smallest absolute Gasteiger partial charge is 0.326 e. The van der Waals surface area contributed by atoms with E-state index in [1.807, 2.05) is 0 Å². The maximum atomic E-state index is 13.7. The van der Waals surface area contributed by atoms with Crippen molar-refractivity contribution in [3.8, 4) is 5.75 Å². The third kappa shape index (κ3) is 4.16. The summed E-state index contributed by atoms with van der Waals surface area (Å²) in [5.74, 6) is -1.14. The molecule has 1 heterocycles. The lowest BCUT2D eigenvalue weighted by molar-refractivity contribution is -0.116. The minimum absolute atomic E-state index is 0.0204. The number of urea groups is 1. The molecule has 0 saturated heterocycles. The van der Waals surface area contributed by atoms with E-state index in [-0.39, 0.29) is 18.0 Å². The molecule has 0 bridgehead atoms. The van der Waals surface area contributed by atoms with Crippen LogP contribution in [0, 0.1) is 11.6 Å². The third-order valence-corrected chi connectivity index (χ3v) is 4.78. The Morgan fingerprint density at radius 3 is 2.63 bits per heavy atom. The van der Waals surface area contributed by atoms with E-state index in [0.29, 0.717) is 15.7 Å². The van der Waals surface area contributed by atoms with Gasteiger partial charge < -0.3 is 10.1 Å². The first-order valence-electron chi connectivity index (χ1n) is 7.98. The van der Waals surface area contributed by atoms with E-state index in [9.17, 15) is 18.4 Å². The standard InChI is InChI=1S/C19H15BrF2N2O3/c1-27-18-10-16(14(20)9-15(18)22)23-19(26)24-7-6-13(25)8-17(24)11-2-4-12(21)5-3-11/h2-7,9-10,17H,8H2,1H3,(H,23,26). The molecule has 0 saturated carbocycles. The monoisotopic (exact) mass is 436 g/mol. The van der Waals surface area contributed by atoms with E-state index in [1.165, 1.54) is 60.7 Å². The number of anilines is 1. The van der Waals surface area contributed by atoms with Crippen molar-refractivity contribution in [2.75, 3.05) is 12.4 Å². The second-order valence-electron chi connectivity index (χ2n) is 5.86. The first-order valence-corrected chi connectivity index (χ1v) is 8.77. The summed E-state index contributed by atoms with van der Waals surface area (Å²) in [5, 5.41) is 2.66. The third-order valence-electron chi connectivity index (χ3n) is 4.12. The molecule has 27 heavy (non-hydrogen) atoms. The molecule has 1 N–H and O–H groups in total. The number of ketones is 1. The summed E-state index contributed by atoms with van der Waals surface area (Å²) in [6.07, 6.45) is 2.76. The molecule has 1 aliphatic rings. The predicted octanol–water partition coefficient (Wildman–Crippen LogP) is 4.80. The van der Waals surface area contributed by atoms with Gasteiger partial charge in [-0.1, -0.05) is 12.1 Å². The van der Waals surface area contributed by atoms with Crippen LogP contribution in [-0.2, 0) is 4.79 Å². The van der Waals surface area contributed by atoms with Crippen LogP contribution in [0.15, 0.2) is 53.1 Å². The van der Waals surface area contributed by atoms with Crippen LogP contribution in [0.1, 0.15) is 18.0 Å². The fraction of sp³-hybridized carbons (Fsp3) is 0.158. The molecule has 0 fully saturated rings. The molecule has 8 heteroatoms. The van der Waals surface area contributed by atoms with Crippen LogP contribution in [0.2, 0.25) is 0 Å². The van der Waals surface area contributed by atoms with E-state index in [2.05, 4.69) is 21.2 Å². The van der Waals surface area contributed by atoms with Crippen LogP contribution in [0.25, 0.3) is 0 Å². The Hall–Kier alpha value is -2.74. The van der Waals surface area contributed by atoms with Crippen LogP contribution in [-0.4, -0.2) is 23.8 Å². The summed E-state index contributed by atoms with van der Waals surface area (Å²) < 4.78 is 32.2. The summed E-state index contributed by atoms with van der Waals surface area (Å²) >= 11 is 3.20. The zero-order valence-electron chi connectivity index (χ0n) is 14.2. The van der Waals surface area contributed by atoms with E-state index >= 15 is 0 Å². The molecule has 0 spiro atoms. The molecular weight excluding hydrogens is 422 g/mol. The number of carbonyl (C=O) groups excluding carboxylic acids is 2. The average molecular weight is 437 g/mol. The number of rotatable bonds is 3. The van der Waals surface area contributed by atoms with E-state index in [0.717, 1.165) is 0 Å². The van der Waals surface area contributed by atoms with Gasteiger partial charge in [-0.3, -0.25) is 9.69 Å². The number of nitrogens with one attached hydrogen (secondary N) is 1. The summed E-state index contributed by atoms with van der Waals surface area (Å²) in [6.45, 7) is 0. The first-order chi connectivity index (χ1) is 12.9. The van der Waals surface area contributed by atoms with Crippen molar-refractivity contribution < 1.29 is 23.1 Å². The average Bonchev–Trinajstić information content (AvgIpc) is 2.64. The maximum Gasteiger partial charge on any atom is 0.326 e. The number of halogens is 3. The van der Waals surface area contributed by atoms with Crippen molar-refractivity contribution in [2.24, 2.45) is 0 Å². The van der Waals surface area contributed by atoms with Crippen molar-refractivity contribution in [1.29, 1.82) is 0 Å². The normalized spacial score (nSPS) is 16.4. The van der Waals surface area contributed by atoms with Gasteiger partial charge in [0.05, 0.1) is 18.8 Å². The van der Waals surface area contributed by atoms with Gasteiger partial charge in [0.15, 0.2) is 17.3 Å². The minimum Gasteiger partial charge on any atom is -0.494 e. The second kappa shape index (κ2) is 7.87. The number of amides is 2. The number of ether oxygens (including phenoxy) is 1. The molecular formula is C19H15BrF2N2O3. The summed E-state index contributed by atoms with van der Waals surface area (Å²) in [7, 11) is 1.32. The number of allylic oxidation sites excluding steroid dienone is 1. The van der Waals surface area contributed by atoms with Gasteiger partial charge in [0.25, 0.3) is 0 Å². The maximum absolute atomic E-state index is 13.7. The van der Waals surface area contributed by atoms with Gasteiger partial charge in [-0.05, 0) is 45.8 Å². The Labute approximate surface area is 162 Å². The van der Waals surface area contributed by atoms with Crippen LogP contribution < -0.4 is 10.1 Å². The van der Waals surface area contributed by atoms with Crippen molar-refractivity contribution in [3.05, 3.63) is 70.3 Å². The number of carbonyl (C=O) groups is 2. The Kier molecular flexibility index (Phi) is 5.55. The van der Waals surface area contributed by atoms with Crippen molar-refractivity contribution in [2.45, 2.75) is 12.5 Å². The zero-order chi connectivity index (χ0) is 19.6. The molecule has 1 atom stereocenters. The van der Waals surface area contributed by atoms with E-state index < -0.39 is 23.7 Å². The van der Waals surface area contributed by atoms with Crippen LogP contribution in [0.5, 0.6) is 5.75 Å². The number of nitrogens with zero attached hydrogens (tertiary/aromatic N) is 1. The lowest BCUT2D eigenvalue weighted by atomic mass is 9.97. The molecule has 1 aliphatic heterocycles. The molecule has 1 unspecified atom stereocenters. The number of methoxy groups -OCH3 is 1. The molecule has 2 aromatic carbocycles. The van der Waals surface area contributed by atoms with Gasteiger partial charge >= 0.3 is 6.03 Å². The van der Waals surface area contributed by atoms with Crippen LogP contribution in [0.3, 0.4) is 0 Å². The second-order valence-corrected chi connectivity index (χ2v) is 6.71. The molecule has 2 aromatic rings. The SMILES string of the molecule is COc1cc(NC(=O)N2C=CC(=O)CC2c2ccc(F)cc2)c(Br)cc1F. The van der Waals surface area contributed by atoms with Gasteiger partial charge in [-0.15, -0.1) is 0 Å². The largest absolute Gasteiger partial charge is 0.494 e. The molecule has 5 nitrogen and oxygen atoms in total. The van der Waals surface area contributed by atoms with Crippen LogP contribution >= 0.6 is 15.9 Å². The summed E-state index contributed by atoms with van der Waals surface area (Å²) in [5.41, 5.74) is 0.932. The van der Waals surface area contributed by atoms with Crippen LogP contribution in [0.4, 0.5) is 19.3 Å². The fourth-order valence-electron chi connectivity index (χ4n) is 2.76. The predicted molar refractivity (Wildman–Crippen MR) is 99.4 cm³/mol. The molecule has 3 rings (SSSR count). The van der Waals surface area contributed by atoms with Crippen molar-refractivity contribution in [3.63, 3.8) is 0 Å². The van der Waals surface area contributed by atoms with Gasteiger partial charge in [0.2, 0.25) is 0 Å². The van der Waals surface area contributed by atoms with E-state index in [4.69, 9.17) is 4.74 Å². The van der Waals surface area contributed by atoms with Gasteiger partial charge in [-0.2, -0.15) is 0 Å². The lowest BCUT2D eigenvalue weighted by Crippen LogP contribution is -2.37. The summed E-state index contributed by atoms with van der Waals surface area (Å²) in [4.78, 5) is 26.0. The number of hydrogen-bond donors (Lipinski definition) is 1. The fourth-order valence-corrected chi connectivity index (χ4v) is 3.17. The highest BCUT2D eigenvalue weighted by molar-refractivity contribution is 9.10. The number of hydrogen-bond acceptors (Lipinski definition) is 3. The lowest BCUT2D eigenvalue weighted by Gasteiger charge is -2.31. The van der Waals surface area contributed by atoms with Crippen molar-refractivity contribution in [1.82, 2.24) is 4.90 Å². The topological polar surface area (TPSA) is 58.6 Å². The molecule has 0 aromatic heterocycles. The molecule has 2 amide bonds.